The average Bonchev–Trinajstić information content (AvgIpc) is 2.82. The van der Waals surface area contributed by atoms with E-state index >= 15 is 4.39 Å². The third kappa shape index (κ3) is 7.59. The molecule has 3 rings (SSSR count). The van der Waals surface area contributed by atoms with Gasteiger partial charge in [0.1, 0.15) is 11.6 Å². The van der Waals surface area contributed by atoms with E-state index in [2.05, 4.69) is 26.6 Å². The average molecular weight is 535 g/mol. The van der Waals surface area contributed by atoms with Gasteiger partial charge >= 0.3 is 5.97 Å². The third-order valence-electron chi connectivity index (χ3n) is 9.18. The normalized spacial score (nSPS) is 28.7. The Morgan fingerprint density at radius 1 is 1.08 bits per heavy atom. The van der Waals surface area contributed by atoms with Crippen LogP contribution in [-0.2, 0) is 4.79 Å². The molecule has 1 aromatic rings. The van der Waals surface area contributed by atoms with Crippen molar-refractivity contribution >= 4 is 19.2 Å². The van der Waals surface area contributed by atoms with Crippen molar-refractivity contribution in [3.8, 4) is 5.75 Å². The highest BCUT2D eigenvalue weighted by atomic mass is 28.3. The summed E-state index contributed by atoms with van der Waals surface area (Å²) in [6.07, 6.45) is 11.8. The molecule has 3 unspecified atom stereocenters. The number of aliphatic hydroxyl groups is 1. The first-order chi connectivity index (χ1) is 17.5. The minimum absolute atomic E-state index is 0.0484. The minimum Gasteiger partial charge on any atom is -0.494 e. The van der Waals surface area contributed by atoms with E-state index in [1.165, 1.54) is 25.7 Å². The Bertz CT molecular complexity index is 890. The molecule has 0 aromatic heterocycles. The number of benzene rings is 1. The largest absolute Gasteiger partial charge is 0.494 e. The van der Waals surface area contributed by atoms with Crippen molar-refractivity contribution in [2.24, 2.45) is 17.8 Å². The van der Waals surface area contributed by atoms with Crippen LogP contribution < -0.4 is 9.92 Å². The van der Waals surface area contributed by atoms with Gasteiger partial charge in [-0.25, -0.2) is 4.39 Å². The van der Waals surface area contributed by atoms with E-state index < -0.39 is 19.6 Å². The lowest BCUT2D eigenvalue weighted by Crippen LogP contribution is -2.46. The van der Waals surface area contributed by atoms with Gasteiger partial charge in [0.15, 0.2) is 0 Å². The van der Waals surface area contributed by atoms with Crippen LogP contribution in [0.2, 0.25) is 19.6 Å². The molecule has 6 heteroatoms. The van der Waals surface area contributed by atoms with Crippen LogP contribution in [0.5, 0.6) is 5.75 Å². The summed E-state index contributed by atoms with van der Waals surface area (Å²) in [5, 5.41) is 21.8. The zero-order valence-electron chi connectivity index (χ0n) is 24.0. The molecule has 0 radical (unpaired) electrons. The van der Waals surface area contributed by atoms with Crippen LogP contribution >= 0.6 is 0 Å². The lowest BCUT2D eigenvalue weighted by atomic mass is 9.61. The molecule has 2 aliphatic carbocycles. The number of carbonyl (C=O) groups is 1. The van der Waals surface area contributed by atoms with Crippen LogP contribution in [-0.4, -0.2) is 36.5 Å². The topological polar surface area (TPSA) is 66.8 Å². The highest BCUT2D eigenvalue weighted by molar-refractivity contribution is 6.89. The third-order valence-corrected chi connectivity index (χ3v) is 11.1. The Morgan fingerprint density at radius 2 is 1.78 bits per heavy atom. The molecule has 3 atom stereocenters. The van der Waals surface area contributed by atoms with E-state index in [0.717, 1.165) is 55.2 Å². The molecule has 210 valence electrons. The maximum Gasteiger partial charge on any atom is 0.303 e. The van der Waals surface area contributed by atoms with Gasteiger partial charge in [0.25, 0.3) is 0 Å². The standard InChI is InChI=1S/C31H51FO4Si/c1-6-10-22-13-15-24(16-14-22)31(35)20-19-25(23(21-31)11-8-9-12-28(33)34)26-17-18-27(36-7-2)30(29(26)32)37(3,4)5/h17-18,22-25,35H,6-16,19-21H2,1-5H3,(H,33,34). The summed E-state index contributed by atoms with van der Waals surface area (Å²) in [5.74, 6) is 1.14. The van der Waals surface area contributed by atoms with Crippen molar-refractivity contribution in [2.75, 3.05) is 6.61 Å². The zero-order valence-corrected chi connectivity index (χ0v) is 25.0. The summed E-state index contributed by atoms with van der Waals surface area (Å²) in [5.41, 5.74) is 0.0897. The van der Waals surface area contributed by atoms with Crippen LogP contribution in [0.25, 0.3) is 0 Å². The summed E-state index contributed by atoms with van der Waals surface area (Å²) >= 11 is 0. The van der Waals surface area contributed by atoms with Crippen LogP contribution in [0.15, 0.2) is 12.1 Å². The summed E-state index contributed by atoms with van der Waals surface area (Å²) in [7, 11) is -2.00. The van der Waals surface area contributed by atoms with Gasteiger partial charge in [-0.3, -0.25) is 4.79 Å². The fraction of sp³-hybridized carbons (Fsp3) is 0.774. The maximum absolute atomic E-state index is 16.3. The van der Waals surface area contributed by atoms with Gasteiger partial charge < -0.3 is 14.9 Å². The molecule has 2 fully saturated rings. The first-order valence-electron chi connectivity index (χ1n) is 14.9. The first kappa shape index (κ1) is 30.1. The van der Waals surface area contributed by atoms with Gasteiger partial charge in [-0.05, 0) is 87.2 Å². The van der Waals surface area contributed by atoms with Crippen LogP contribution in [0.4, 0.5) is 4.39 Å². The number of unbranched alkanes of at least 4 members (excludes halogenated alkanes) is 1. The number of ether oxygens (including phenoxy) is 1. The molecular weight excluding hydrogens is 483 g/mol. The van der Waals surface area contributed by atoms with Crippen molar-refractivity contribution in [3.05, 3.63) is 23.5 Å². The van der Waals surface area contributed by atoms with E-state index in [1.807, 2.05) is 19.1 Å². The molecule has 4 nitrogen and oxygen atoms in total. The second-order valence-electron chi connectivity index (χ2n) is 12.9. The predicted octanol–water partition coefficient (Wildman–Crippen LogP) is 7.64. The lowest BCUT2D eigenvalue weighted by molar-refractivity contribution is -0.137. The molecule has 2 N–H and O–H groups in total. The molecule has 37 heavy (non-hydrogen) atoms. The summed E-state index contributed by atoms with van der Waals surface area (Å²) in [4.78, 5) is 11.1. The van der Waals surface area contributed by atoms with Gasteiger partial charge in [0.2, 0.25) is 0 Å². The fourth-order valence-corrected chi connectivity index (χ4v) is 9.04. The molecule has 0 amide bonds. The molecule has 2 saturated carbocycles. The molecule has 0 aliphatic heterocycles. The second kappa shape index (κ2) is 13.1. The van der Waals surface area contributed by atoms with Gasteiger partial charge in [-0.15, -0.1) is 0 Å². The SMILES string of the molecule is CCCC1CCC(C2(O)CCC(c3ccc(OCC)c([Si](C)(C)C)c3F)C(CCCCC(=O)O)C2)CC1. The molecule has 1 aromatic carbocycles. The number of hydrogen-bond donors (Lipinski definition) is 2. The van der Waals surface area contributed by atoms with Gasteiger partial charge in [0.05, 0.1) is 20.3 Å². The summed E-state index contributed by atoms with van der Waals surface area (Å²) in [6.45, 7) is 11.2. The second-order valence-corrected chi connectivity index (χ2v) is 17.9. The number of halogens is 1. The monoisotopic (exact) mass is 534 g/mol. The first-order valence-corrected chi connectivity index (χ1v) is 18.4. The molecule has 0 heterocycles. The Morgan fingerprint density at radius 3 is 2.38 bits per heavy atom. The molecule has 0 spiro atoms. The number of rotatable bonds is 12. The lowest BCUT2D eigenvalue weighted by Gasteiger charge is -2.48. The predicted molar refractivity (Wildman–Crippen MR) is 152 cm³/mol. The smallest absolute Gasteiger partial charge is 0.303 e. The number of aliphatic carboxylic acids is 1. The van der Waals surface area contributed by atoms with Gasteiger partial charge in [0, 0.05) is 11.6 Å². The highest BCUT2D eigenvalue weighted by Gasteiger charge is 2.46. The van der Waals surface area contributed by atoms with Crippen molar-refractivity contribution < 1.29 is 24.1 Å². The van der Waals surface area contributed by atoms with Gasteiger partial charge in [-0.1, -0.05) is 64.7 Å². The quantitative estimate of drug-likeness (QED) is 0.214. The molecule has 0 bridgehead atoms. The highest BCUT2D eigenvalue weighted by Crippen LogP contribution is 2.51. The summed E-state index contributed by atoms with van der Waals surface area (Å²) < 4.78 is 22.1. The Labute approximate surface area is 225 Å². The summed E-state index contributed by atoms with van der Waals surface area (Å²) in [6, 6.07) is 3.89. The van der Waals surface area contributed by atoms with E-state index in [0.29, 0.717) is 31.1 Å². The number of carboxylic acid groups (broad SMARTS) is 1. The molecule has 0 saturated heterocycles. The van der Waals surface area contributed by atoms with Crippen molar-refractivity contribution in [1.29, 1.82) is 0 Å². The van der Waals surface area contributed by atoms with Crippen LogP contribution in [0, 0.1) is 23.6 Å². The Balaban J connectivity index is 1.86. The molecule has 2 aliphatic rings. The zero-order chi connectivity index (χ0) is 27.2. The van der Waals surface area contributed by atoms with Crippen molar-refractivity contribution in [2.45, 2.75) is 128 Å². The van der Waals surface area contributed by atoms with Gasteiger partial charge in [-0.2, -0.15) is 0 Å². The number of hydrogen-bond acceptors (Lipinski definition) is 3. The van der Waals surface area contributed by atoms with Crippen LogP contribution in [0.3, 0.4) is 0 Å². The Hall–Kier alpha value is -1.40. The van der Waals surface area contributed by atoms with Crippen molar-refractivity contribution in [1.82, 2.24) is 0 Å². The molecular formula is C31H51FO4Si. The van der Waals surface area contributed by atoms with E-state index in [4.69, 9.17) is 9.84 Å². The van der Waals surface area contributed by atoms with E-state index in [1.54, 1.807) is 0 Å². The van der Waals surface area contributed by atoms with E-state index in [9.17, 15) is 9.90 Å². The van der Waals surface area contributed by atoms with Crippen LogP contribution in [0.1, 0.15) is 109 Å². The minimum atomic E-state index is -2.00. The number of carboxylic acids is 1. The Kier molecular flexibility index (Phi) is 10.7. The maximum atomic E-state index is 16.3. The van der Waals surface area contributed by atoms with E-state index in [-0.39, 0.29) is 24.1 Å². The van der Waals surface area contributed by atoms with Crippen molar-refractivity contribution in [3.63, 3.8) is 0 Å². The fourth-order valence-electron chi connectivity index (χ4n) is 7.34.